The van der Waals surface area contributed by atoms with Gasteiger partial charge in [-0.2, -0.15) is 13.2 Å². The first kappa shape index (κ1) is 20.2. The minimum absolute atomic E-state index is 0.0268. The van der Waals surface area contributed by atoms with Gasteiger partial charge in [-0.3, -0.25) is 9.59 Å². The quantitative estimate of drug-likeness (QED) is 0.510. The lowest BCUT2D eigenvalue weighted by molar-refractivity contribution is -0.167. The summed E-state index contributed by atoms with van der Waals surface area (Å²) in [4.78, 5) is 24.0. The van der Waals surface area contributed by atoms with Gasteiger partial charge in [-0.15, -0.1) is 0 Å². The largest absolute Gasteiger partial charge is 0.471 e. The Balaban J connectivity index is 1.76. The molecule has 0 fully saturated rings. The first-order chi connectivity index (χ1) is 14.8. The number of carbonyl (C=O) groups is 2. The number of rotatable bonds is 4. The number of halogens is 3. The first-order valence-corrected chi connectivity index (χ1v) is 9.28. The van der Waals surface area contributed by atoms with Gasteiger partial charge in [-0.05, 0) is 29.8 Å². The molecule has 31 heavy (non-hydrogen) atoms. The summed E-state index contributed by atoms with van der Waals surface area (Å²) < 4.78 is 37.7. The number of fused-ring (bicyclic) bond motifs is 1. The number of hydrogen-bond donors (Lipinski definition) is 3. The molecule has 3 N–H and O–H groups in total. The zero-order chi connectivity index (χ0) is 22.0. The van der Waals surface area contributed by atoms with Gasteiger partial charge in [0.2, 0.25) is 0 Å². The SMILES string of the molecule is O=C1Nc2ccccc2C1=C(Nc1cccc(NC(=O)C(F)(F)F)c1)c1ccccc1. The predicted octanol–water partition coefficient (Wildman–Crippen LogP) is 5.12. The van der Waals surface area contributed by atoms with Gasteiger partial charge in [-0.25, -0.2) is 0 Å². The highest BCUT2D eigenvalue weighted by molar-refractivity contribution is 6.37. The van der Waals surface area contributed by atoms with E-state index < -0.39 is 12.1 Å². The fourth-order valence-electron chi connectivity index (χ4n) is 3.27. The topological polar surface area (TPSA) is 70.2 Å². The number of anilines is 3. The van der Waals surface area contributed by atoms with Crippen LogP contribution in [0.15, 0.2) is 78.9 Å². The smallest absolute Gasteiger partial charge is 0.354 e. The van der Waals surface area contributed by atoms with E-state index in [2.05, 4.69) is 10.6 Å². The van der Waals surface area contributed by atoms with Crippen LogP contribution in [0.2, 0.25) is 0 Å². The van der Waals surface area contributed by atoms with Gasteiger partial charge in [0.25, 0.3) is 5.91 Å². The molecule has 0 saturated carbocycles. The summed E-state index contributed by atoms with van der Waals surface area (Å²) in [6, 6.07) is 22.2. The zero-order valence-electron chi connectivity index (χ0n) is 16.0. The molecule has 0 bridgehead atoms. The first-order valence-electron chi connectivity index (χ1n) is 9.28. The lowest BCUT2D eigenvalue weighted by Gasteiger charge is -2.16. The van der Waals surface area contributed by atoms with Crippen molar-refractivity contribution in [1.82, 2.24) is 0 Å². The molecular weight excluding hydrogens is 407 g/mol. The molecular formula is C23H16F3N3O2. The van der Waals surface area contributed by atoms with Gasteiger partial charge >= 0.3 is 12.1 Å². The fraction of sp³-hybridized carbons (Fsp3) is 0.0435. The number of hydrogen-bond acceptors (Lipinski definition) is 3. The maximum atomic E-state index is 12.8. The Labute approximate surface area is 175 Å². The standard InChI is InChI=1S/C23H16F3N3O2/c24-23(25,26)22(31)28-16-10-6-9-15(13-16)27-20(14-7-2-1-3-8-14)19-17-11-4-5-12-18(17)29-21(19)30/h1-13,27H,(H,28,31)(H,29,30). The average molecular weight is 423 g/mol. The van der Waals surface area contributed by atoms with Crippen molar-refractivity contribution in [3.63, 3.8) is 0 Å². The molecule has 3 aromatic rings. The molecule has 0 aromatic heterocycles. The number of benzene rings is 3. The number of nitrogens with one attached hydrogen (secondary N) is 3. The van der Waals surface area contributed by atoms with E-state index in [-0.39, 0.29) is 11.6 Å². The van der Waals surface area contributed by atoms with Crippen LogP contribution in [0.4, 0.5) is 30.2 Å². The van der Waals surface area contributed by atoms with E-state index in [0.717, 1.165) is 0 Å². The van der Waals surface area contributed by atoms with Crippen molar-refractivity contribution >= 4 is 40.1 Å². The molecule has 156 valence electrons. The van der Waals surface area contributed by atoms with E-state index >= 15 is 0 Å². The highest BCUT2D eigenvalue weighted by Crippen LogP contribution is 2.37. The minimum atomic E-state index is -4.99. The summed E-state index contributed by atoms with van der Waals surface area (Å²) >= 11 is 0. The third kappa shape index (κ3) is 4.28. The van der Waals surface area contributed by atoms with E-state index in [0.29, 0.717) is 33.8 Å². The van der Waals surface area contributed by atoms with Crippen LogP contribution >= 0.6 is 0 Å². The van der Waals surface area contributed by atoms with Gasteiger partial charge < -0.3 is 16.0 Å². The fourth-order valence-corrected chi connectivity index (χ4v) is 3.27. The Hall–Kier alpha value is -4.07. The second kappa shape index (κ2) is 7.98. The molecule has 0 aliphatic carbocycles. The molecule has 1 heterocycles. The predicted molar refractivity (Wildman–Crippen MR) is 113 cm³/mol. The number of para-hydroxylation sites is 1. The third-order valence-electron chi connectivity index (χ3n) is 4.63. The van der Waals surface area contributed by atoms with Crippen LogP contribution in [0.1, 0.15) is 11.1 Å². The molecule has 0 radical (unpaired) electrons. The molecule has 0 atom stereocenters. The third-order valence-corrected chi connectivity index (χ3v) is 4.63. The monoisotopic (exact) mass is 423 g/mol. The summed E-state index contributed by atoms with van der Waals surface area (Å²) in [6.07, 6.45) is -4.99. The summed E-state index contributed by atoms with van der Waals surface area (Å²) in [6.45, 7) is 0. The van der Waals surface area contributed by atoms with Crippen molar-refractivity contribution in [3.05, 3.63) is 90.0 Å². The van der Waals surface area contributed by atoms with Crippen LogP contribution in [0.3, 0.4) is 0 Å². The summed E-state index contributed by atoms with van der Waals surface area (Å²) in [5, 5.41) is 7.80. The van der Waals surface area contributed by atoms with Crippen molar-refractivity contribution in [2.75, 3.05) is 16.0 Å². The summed E-state index contributed by atoms with van der Waals surface area (Å²) in [7, 11) is 0. The van der Waals surface area contributed by atoms with Gasteiger partial charge in [0.1, 0.15) is 0 Å². The highest BCUT2D eigenvalue weighted by atomic mass is 19.4. The van der Waals surface area contributed by atoms with Crippen LogP contribution < -0.4 is 16.0 Å². The Morgan fingerprint density at radius 3 is 2.16 bits per heavy atom. The number of carbonyl (C=O) groups excluding carboxylic acids is 2. The van der Waals surface area contributed by atoms with E-state index in [1.54, 1.807) is 12.1 Å². The van der Waals surface area contributed by atoms with E-state index in [1.165, 1.54) is 18.2 Å². The Bertz CT molecular complexity index is 1190. The lowest BCUT2D eigenvalue weighted by atomic mass is 10.00. The van der Waals surface area contributed by atoms with Crippen LogP contribution in [-0.2, 0) is 9.59 Å². The number of amides is 2. The molecule has 1 aliphatic rings. The van der Waals surface area contributed by atoms with Crippen LogP contribution in [0.5, 0.6) is 0 Å². The van der Waals surface area contributed by atoms with Crippen molar-refractivity contribution in [2.45, 2.75) is 6.18 Å². The second-order valence-electron chi connectivity index (χ2n) is 6.77. The average Bonchev–Trinajstić information content (AvgIpc) is 3.08. The second-order valence-corrected chi connectivity index (χ2v) is 6.77. The maximum Gasteiger partial charge on any atom is 0.471 e. The highest BCUT2D eigenvalue weighted by Gasteiger charge is 2.38. The lowest BCUT2D eigenvalue weighted by Crippen LogP contribution is -2.29. The van der Waals surface area contributed by atoms with Crippen LogP contribution in [-0.4, -0.2) is 18.0 Å². The molecule has 3 aromatic carbocycles. The normalized spacial score (nSPS) is 14.5. The number of alkyl halides is 3. The summed E-state index contributed by atoms with van der Waals surface area (Å²) in [5.41, 5.74) is 3.37. The van der Waals surface area contributed by atoms with Gasteiger partial charge in [-0.1, -0.05) is 54.6 Å². The maximum absolute atomic E-state index is 12.8. The van der Waals surface area contributed by atoms with Crippen molar-refractivity contribution < 1.29 is 22.8 Å². The molecule has 8 heteroatoms. The molecule has 4 rings (SSSR count). The van der Waals surface area contributed by atoms with Crippen LogP contribution in [0, 0.1) is 0 Å². The van der Waals surface area contributed by atoms with Crippen molar-refractivity contribution in [2.24, 2.45) is 0 Å². The van der Waals surface area contributed by atoms with E-state index in [4.69, 9.17) is 0 Å². The van der Waals surface area contributed by atoms with Gasteiger partial charge in [0, 0.05) is 22.6 Å². The van der Waals surface area contributed by atoms with Crippen LogP contribution in [0.25, 0.3) is 11.3 Å². The molecule has 0 unspecified atom stereocenters. The Morgan fingerprint density at radius 1 is 0.806 bits per heavy atom. The molecule has 2 amide bonds. The molecule has 5 nitrogen and oxygen atoms in total. The Morgan fingerprint density at radius 2 is 1.45 bits per heavy atom. The molecule has 0 saturated heterocycles. The minimum Gasteiger partial charge on any atom is -0.354 e. The molecule has 1 aliphatic heterocycles. The van der Waals surface area contributed by atoms with Gasteiger partial charge in [0.05, 0.1) is 11.3 Å². The van der Waals surface area contributed by atoms with Crippen molar-refractivity contribution in [3.8, 4) is 0 Å². The van der Waals surface area contributed by atoms with Crippen molar-refractivity contribution in [1.29, 1.82) is 0 Å². The molecule has 0 spiro atoms. The summed E-state index contributed by atoms with van der Waals surface area (Å²) in [5.74, 6) is -2.36. The van der Waals surface area contributed by atoms with E-state index in [9.17, 15) is 22.8 Å². The van der Waals surface area contributed by atoms with E-state index in [1.807, 2.05) is 53.8 Å². The Kier molecular flexibility index (Phi) is 5.21. The zero-order valence-corrected chi connectivity index (χ0v) is 16.0. The van der Waals surface area contributed by atoms with Gasteiger partial charge in [0.15, 0.2) is 0 Å².